The summed E-state index contributed by atoms with van der Waals surface area (Å²) in [5, 5.41) is 4.49. The Morgan fingerprint density at radius 1 is 1.30 bits per heavy atom. The van der Waals surface area contributed by atoms with E-state index in [1.54, 1.807) is 0 Å². The molecule has 1 unspecified atom stereocenters. The number of hydrazine groups is 1. The number of aryl methyl sites for hydroxylation is 3. The Bertz CT molecular complexity index is 559. The van der Waals surface area contributed by atoms with Crippen molar-refractivity contribution in [2.75, 3.05) is 0 Å². The minimum Gasteiger partial charge on any atom is -0.272 e. The summed E-state index contributed by atoms with van der Waals surface area (Å²) in [4.78, 5) is 0. The molecule has 0 bridgehead atoms. The highest BCUT2D eigenvalue weighted by Crippen LogP contribution is 2.11. The predicted octanol–water partition coefficient (Wildman–Crippen LogP) is 1.91. The van der Waals surface area contributed by atoms with Crippen molar-refractivity contribution in [1.29, 1.82) is 0 Å². The quantitative estimate of drug-likeness (QED) is 0.624. The Labute approximate surface area is 121 Å². The maximum Gasteiger partial charge on any atom is 0.0624 e. The van der Waals surface area contributed by atoms with Gasteiger partial charge in [-0.15, -0.1) is 0 Å². The van der Waals surface area contributed by atoms with E-state index in [4.69, 9.17) is 5.84 Å². The van der Waals surface area contributed by atoms with Gasteiger partial charge in [0.05, 0.1) is 5.69 Å². The Kier molecular flexibility index (Phi) is 4.93. The largest absolute Gasteiger partial charge is 0.272 e. The first-order valence-corrected chi connectivity index (χ1v) is 7.15. The van der Waals surface area contributed by atoms with Gasteiger partial charge in [-0.3, -0.25) is 16.0 Å². The third-order valence-corrected chi connectivity index (χ3v) is 3.65. The third kappa shape index (κ3) is 3.68. The maximum atomic E-state index is 5.72. The second kappa shape index (κ2) is 6.68. The van der Waals surface area contributed by atoms with Gasteiger partial charge in [0, 0.05) is 25.2 Å². The Morgan fingerprint density at radius 2 is 2.10 bits per heavy atom. The second-order valence-electron chi connectivity index (χ2n) is 5.37. The molecule has 1 aromatic carbocycles. The molecule has 0 amide bonds. The van der Waals surface area contributed by atoms with Crippen molar-refractivity contribution >= 4 is 0 Å². The molecule has 108 valence electrons. The molecule has 2 rings (SSSR count). The van der Waals surface area contributed by atoms with Gasteiger partial charge in [-0.1, -0.05) is 36.8 Å². The molecular formula is C16H24N4. The number of hydrogen-bond donors (Lipinski definition) is 2. The molecule has 0 spiro atoms. The summed E-state index contributed by atoms with van der Waals surface area (Å²) in [5.74, 6) is 5.72. The van der Waals surface area contributed by atoms with E-state index in [1.165, 1.54) is 16.8 Å². The monoisotopic (exact) mass is 272 g/mol. The van der Waals surface area contributed by atoms with Crippen LogP contribution >= 0.6 is 0 Å². The van der Waals surface area contributed by atoms with Crippen molar-refractivity contribution in [3.8, 4) is 0 Å². The van der Waals surface area contributed by atoms with Gasteiger partial charge in [-0.05, 0) is 31.4 Å². The lowest BCUT2D eigenvalue weighted by molar-refractivity contribution is 0.505. The van der Waals surface area contributed by atoms with Gasteiger partial charge in [0.15, 0.2) is 0 Å². The fraction of sp³-hybridized carbons (Fsp3) is 0.438. The predicted molar refractivity (Wildman–Crippen MR) is 82.3 cm³/mol. The number of rotatable bonds is 6. The van der Waals surface area contributed by atoms with Gasteiger partial charge in [0.1, 0.15) is 0 Å². The summed E-state index contributed by atoms with van der Waals surface area (Å²) in [6.07, 6.45) is 2.77. The summed E-state index contributed by atoms with van der Waals surface area (Å²) < 4.78 is 1.96. The average Bonchev–Trinajstić information content (AvgIpc) is 2.78. The number of aromatic nitrogens is 2. The lowest BCUT2D eigenvalue weighted by Crippen LogP contribution is -2.38. The Hall–Kier alpha value is -1.65. The van der Waals surface area contributed by atoms with Crippen LogP contribution in [0.3, 0.4) is 0 Å². The molecule has 2 aromatic rings. The molecular weight excluding hydrogens is 248 g/mol. The SMILES string of the molecule is CCc1cc(CC(Cc2cccc(C)c2)NN)n(C)n1. The molecule has 1 aromatic heterocycles. The second-order valence-corrected chi connectivity index (χ2v) is 5.37. The van der Waals surface area contributed by atoms with Gasteiger partial charge in [0.2, 0.25) is 0 Å². The van der Waals surface area contributed by atoms with Crippen molar-refractivity contribution in [1.82, 2.24) is 15.2 Å². The van der Waals surface area contributed by atoms with Crippen molar-refractivity contribution in [2.45, 2.75) is 39.2 Å². The molecule has 4 nitrogen and oxygen atoms in total. The van der Waals surface area contributed by atoms with E-state index in [9.17, 15) is 0 Å². The fourth-order valence-electron chi connectivity index (χ4n) is 2.50. The molecule has 0 saturated heterocycles. The van der Waals surface area contributed by atoms with Crippen molar-refractivity contribution in [2.24, 2.45) is 12.9 Å². The fourth-order valence-corrected chi connectivity index (χ4v) is 2.50. The smallest absolute Gasteiger partial charge is 0.0624 e. The van der Waals surface area contributed by atoms with Crippen LogP contribution in [0.4, 0.5) is 0 Å². The van der Waals surface area contributed by atoms with Gasteiger partial charge in [-0.2, -0.15) is 5.10 Å². The average molecular weight is 272 g/mol. The van der Waals surface area contributed by atoms with Crippen LogP contribution in [0, 0.1) is 6.92 Å². The normalized spacial score (nSPS) is 12.6. The van der Waals surface area contributed by atoms with E-state index in [-0.39, 0.29) is 6.04 Å². The zero-order chi connectivity index (χ0) is 14.5. The van der Waals surface area contributed by atoms with E-state index >= 15 is 0 Å². The van der Waals surface area contributed by atoms with E-state index in [0.29, 0.717) is 0 Å². The molecule has 0 aliphatic heterocycles. The number of nitrogens with one attached hydrogen (secondary N) is 1. The van der Waals surface area contributed by atoms with Crippen LogP contribution in [0.1, 0.15) is 29.4 Å². The van der Waals surface area contributed by atoms with Crippen LogP contribution in [0.5, 0.6) is 0 Å². The lowest BCUT2D eigenvalue weighted by Gasteiger charge is -2.16. The standard InChI is InChI=1S/C16H24N4/c1-4-14-10-16(20(3)19-14)11-15(18-17)9-13-7-5-6-12(2)8-13/h5-8,10,15,18H,4,9,11,17H2,1-3H3. The van der Waals surface area contributed by atoms with Crippen LogP contribution in [-0.2, 0) is 26.3 Å². The third-order valence-electron chi connectivity index (χ3n) is 3.65. The summed E-state index contributed by atoms with van der Waals surface area (Å²) in [6, 6.07) is 11.0. The number of nitrogens with zero attached hydrogens (tertiary/aromatic N) is 2. The zero-order valence-electron chi connectivity index (χ0n) is 12.6. The number of hydrogen-bond acceptors (Lipinski definition) is 3. The summed E-state index contributed by atoms with van der Waals surface area (Å²) in [5.41, 5.74) is 7.88. The van der Waals surface area contributed by atoms with E-state index in [2.05, 4.69) is 54.7 Å². The minimum absolute atomic E-state index is 0.219. The van der Waals surface area contributed by atoms with Crippen molar-refractivity contribution < 1.29 is 0 Å². The first kappa shape index (κ1) is 14.8. The van der Waals surface area contributed by atoms with Gasteiger partial charge >= 0.3 is 0 Å². The number of nitrogens with two attached hydrogens (primary N) is 1. The molecule has 4 heteroatoms. The van der Waals surface area contributed by atoms with Crippen LogP contribution in [0.15, 0.2) is 30.3 Å². The topological polar surface area (TPSA) is 55.9 Å². The highest BCUT2D eigenvalue weighted by Gasteiger charge is 2.12. The van der Waals surface area contributed by atoms with Crippen molar-refractivity contribution in [3.05, 3.63) is 52.8 Å². The first-order chi connectivity index (χ1) is 9.62. The zero-order valence-corrected chi connectivity index (χ0v) is 12.6. The molecule has 0 radical (unpaired) electrons. The lowest BCUT2D eigenvalue weighted by atomic mass is 10.0. The van der Waals surface area contributed by atoms with Crippen LogP contribution in [0.25, 0.3) is 0 Å². The summed E-state index contributed by atoms with van der Waals surface area (Å²) in [6.45, 7) is 4.24. The van der Waals surface area contributed by atoms with Gasteiger partial charge < -0.3 is 0 Å². The Morgan fingerprint density at radius 3 is 2.70 bits per heavy atom. The highest BCUT2D eigenvalue weighted by molar-refractivity contribution is 5.23. The van der Waals surface area contributed by atoms with Crippen LogP contribution < -0.4 is 11.3 Å². The minimum atomic E-state index is 0.219. The Balaban J connectivity index is 2.06. The van der Waals surface area contributed by atoms with Gasteiger partial charge in [0.25, 0.3) is 0 Å². The first-order valence-electron chi connectivity index (χ1n) is 7.15. The van der Waals surface area contributed by atoms with Gasteiger partial charge in [-0.25, -0.2) is 0 Å². The van der Waals surface area contributed by atoms with E-state index < -0.39 is 0 Å². The molecule has 3 N–H and O–H groups in total. The van der Waals surface area contributed by atoms with Crippen molar-refractivity contribution in [3.63, 3.8) is 0 Å². The highest BCUT2D eigenvalue weighted by atomic mass is 15.3. The molecule has 1 heterocycles. The molecule has 0 aliphatic carbocycles. The van der Waals surface area contributed by atoms with Crippen LogP contribution in [0.2, 0.25) is 0 Å². The maximum absolute atomic E-state index is 5.72. The molecule has 20 heavy (non-hydrogen) atoms. The van der Waals surface area contributed by atoms with E-state index in [1.807, 2.05) is 11.7 Å². The molecule has 1 atom stereocenters. The summed E-state index contributed by atoms with van der Waals surface area (Å²) in [7, 11) is 1.99. The number of benzene rings is 1. The molecule has 0 fully saturated rings. The van der Waals surface area contributed by atoms with E-state index in [0.717, 1.165) is 25.0 Å². The molecule has 0 saturated carbocycles. The van der Waals surface area contributed by atoms with Crippen LogP contribution in [-0.4, -0.2) is 15.8 Å². The molecule has 0 aliphatic rings. The summed E-state index contributed by atoms with van der Waals surface area (Å²) >= 11 is 0.